The number of pyridine rings is 2. The molecule has 55 heavy (non-hydrogen) atoms. The van der Waals surface area contributed by atoms with Gasteiger partial charge in [-0.1, -0.05) is 36.9 Å². The highest BCUT2D eigenvalue weighted by atomic mass is 19.1. The molecule has 8 N–H and O–H groups in total. The van der Waals surface area contributed by atoms with E-state index in [4.69, 9.17) is 15.5 Å². The third-order valence-electron chi connectivity index (χ3n) is 9.80. The van der Waals surface area contributed by atoms with Crippen LogP contribution < -0.4 is 32.6 Å². The van der Waals surface area contributed by atoms with Gasteiger partial charge >= 0.3 is 0 Å². The summed E-state index contributed by atoms with van der Waals surface area (Å²) in [6.07, 6.45) is 1.60. The zero-order valence-corrected chi connectivity index (χ0v) is 31.1. The van der Waals surface area contributed by atoms with E-state index < -0.39 is 47.8 Å². The number of halogens is 1. The Kier molecular flexibility index (Phi) is 13.1. The summed E-state index contributed by atoms with van der Waals surface area (Å²) < 4.78 is 20.4. The van der Waals surface area contributed by atoms with Crippen molar-refractivity contribution in [3.05, 3.63) is 104 Å². The molecule has 0 aliphatic heterocycles. The van der Waals surface area contributed by atoms with E-state index in [9.17, 15) is 29.1 Å². The number of rotatable bonds is 16. The van der Waals surface area contributed by atoms with Gasteiger partial charge in [0.05, 0.1) is 55.3 Å². The quantitative estimate of drug-likeness (QED) is 0.0658. The fourth-order valence-corrected chi connectivity index (χ4v) is 6.92. The number of aliphatic hydroxyl groups is 1. The molecule has 5 rings (SSSR count). The summed E-state index contributed by atoms with van der Waals surface area (Å²) in [5.74, 6) is -2.01. The molecule has 1 aliphatic carbocycles. The molecule has 2 aromatic carbocycles. The number of carbonyl (C=O) groups excluding carboxylic acids is 4. The van der Waals surface area contributed by atoms with E-state index in [0.717, 1.165) is 22.1 Å². The monoisotopic (exact) mass is 755 g/mol. The van der Waals surface area contributed by atoms with Crippen molar-refractivity contribution in [3.63, 3.8) is 0 Å². The second-order valence-corrected chi connectivity index (χ2v) is 13.4. The average molecular weight is 756 g/mol. The molecule has 4 amide bonds. The second-order valence-electron chi connectivity index (χ2n) is 13.4. The summed E-state index contributed by atoms with van der Waals surface area (Å²) in [6.45, 7) is 6.40. The van der Waals surface area contributed by atoms with Crippen LogP contribution in [0.5, 0.6) is 0 Å². The van der Waals surface area contributed by atoms with E-state index in [2.05, 4.69) is 32.8 Å². The van der Waals surface area contributed by atoms with Gasteiger partial charge in [-0.05, 0) is 67.0 Å². The van der Waals surface area contributed by atoms with Crippen LogP contribution >= 0.6 is 0 Å². The predicted octanol–water partition coefficient (Wildman–Crippen LogP) is 2.26. The topological polar surface area (TPSA) is 218 Å². The van der Waals surface area contributed by atoms with Crippen LogP contribution in [0.3, 0.4) is 0 Å². The molecule has 0 bridgehead atoms. The van der Waals surface area contributed by atoms with Crippen LogP contribution in [-0.4, -0.2) is 71.5 Å². The van der Waals surface area contributed by atoms with Crippen molar-refractivity contribution in [1.82, 2.24) is 31.2 Å². The number of hydrogen-bond donors (Lipinski definition) is 7. The zero-order chi connectivity index (χ0) is 39.8. The van der Waals surface area contributed by atoms with E-state index in [1.807, 2.05) is 37.3 Å². The highest BCUT2D eigenvalue weighted by Crippen LogP contribution is 2.42. The number of nitrogens with zero attached hydrogens (tertiary/aromatic N) is 1. The van der Waals surface area contributed by atoms with Crippen LogP contribution in [0.2, 0.25) is 0 Å². The number of ether oxygens (including phenoxy) is 1. The lowest BCUT2D eigenvalue weighted by Crippen LogP contribution is -2.51. The van der Waals surface area contributed by atoms with Gasteiger partial charge in [0.2, 0.25) is 23.6 Å². The number of aliphatic hydroxyl groups excluding tert-OH is 1. The molecule has 0 radical (unpaired) electrons. The minimum atomic E-state index is -0.923. The summed E-state index contributed by atoms with van der Waals surface area (Å²) in [5.41, 5.74) is 9.85. The van der Waals surface area contributed by atoms with Crippen LogP contribution in [0.25, 0.3) is 28.0 Å². The largest absolute Gasteiger partial charge is 0.497 e. The van der Waals surface area contributed by atoms with Crippen LogP contribution in [0.4, 0.5) is 4.39 Å². The Bertz CT molecular complexity index is 2190. The van der Waals surface area contributed by atoms with Crippen molar-refractivity contribution in [2.45, 2.75) is 64.6 Å². The maximum atomic E-state index is 15.2. The van der Waals surface area contributed by atoms with Crippen LogP contribution in [0, 0.1) is 19.7 Å². The first kappa shape index (κ1) is 40.3. The van der Waals surface area contributed by atoms with Gasteiger partial charge in [0.25, 0.3) is 5.56 Å². The van der Waals surface area contributed by atoms with Crippen molar-refractivity contribution in [3.8, 4) is 11.4 Å². The van der Waals surface area contributed by atoms with Crippen LogP contribution in [0.1, 0.15) is 64.2 Å². The minimum Gasteiger partial charge on any atom is -0.497 e. The fraction of sp³-hybridized carbons (Fsp3) is 0.350. The van der Waals surface area contributed by atoms with Gasteiger partial charge in [-0.3, -0.25) is 24.0 Å². The Labute approximate surface area is 317 Å². The molecular formula is C40H46FN7O7. The Balaban J connectivity index is 1.25. The Morgan fingerprint density at radius 2 is 1.84 bits per heavy atom. The number of benzene rings is 2. The van der Waals surface area contributed by atoms with Gasteiger partial charge in [-0.25, -0.2) is 9.37 Å². The van der Waals surface area contributed by atoms with Crippen molar-refractivity contribution >= 4 is 40.3 Å². The van der Waals surface area contributed by atoms with Crippen molar-refractivity contribution in [1.29, 1.82) is 0 Å². The SMILES string of the molecule is C=C(OC)c1cc(-c2nc3cc(F)c(C)c4c3c(c2C)[C@@H](NC(=O)CCCNC(=O)CNC(=O)C(Cc2ccccc2)NC(=O)CN)CC4)[nH]c(=O)c1CO. The number of hydrogen-bond acceptors (Lipinski definition) is 9. The smallest absolute Gasteiger partial charge is 0.254 e. The molecule has 2 heterocycles. The van der Waals surface area contributed by atoms with Gasteiger partial charge in [-0.15, -0.1) is 0 Å². The lowest BCUT2D eigenvalue weighted by atomic mass is 9.81. The molecule has 0 saturated heterocycles. The van der Waals surface area contributed by atoms with Gasteiger partial charge in [0.15, 0.2) is 0 Å². The summed E-state index contributed by atoms with van der Waals surface area (Å²) in [7, 11) is 1.40. The fourth-order valence-electron chi connectivity index (χ4n) is 6.92. The van der Waals surface area contributed by atoms with Crippen LogP contribution in [0.15, 0.2) is 53.8 Å². The molecule has 290 valence electrons. The zero-order valence-electron chi connectivity index (χ0n) is 31.1. The molecule has 15 heteroatoms. The molecule has 1 aliphatic rings. The number of H-pyrrole nitrogens is 1. The molecular weight excluding hydrogens is 709 g/mol. The number of methoxy groups -OCH3 is 1. The van der Waals surface area contributed by atoms with Gasteiger partial charge in [0.1, 0.15) is 17.6 Å². The molecule has 0 saturated carbocycles. The Hall–Kier alpha value is -5.93. The molecule has 0 spiro atoms. The van der Waals surface area contributed by atoms with E-state index in [1.54, 1.807) is 13.0 Å². The molecule has 14 nitrogen and oxygen atoms in total. The van der Waals surface area contributed by atoms with E-state index >= 15 is 4.39 Å². The number of nitrogens with one attached hydrogen (secondary N) is 5. The second kappa shape index (κ2) is 17.9. The number of aromatic amines is 1. The van der Waals surface area contributed by atoms with Crippen molar-refractivity contribution < 1.29 is 33.4 Å². The van der Waals surface area contributed by atoms with Crippen LogP contribution in [-0.2, 0) is 43.4 Å². The van der Waals surface area contributed by atoms with Gasteiger partial charge in [0, 0.05) is 36.4 Å². The van der Waals surface area contributed by atoms with Gasteiger partial charge < -0.3 is 41.8 Å². The first-order valence-corrected chi connectivity index (χ1v) is 18.0. The van der Waals surface area contributed by atoms with E-state index in [1.165, 1.54) is 13.2 Å². The Morgan fingerprint density at radius 3 is 2.53 bits per heavy atom. The normalized spacial score (nSPS) is 13.8. The number of aryl methyl sites for hydroxylation is 1. The number of amides is 4. The predicted molar refractivity (Wildman–Crippen MR) is 205 cm³/mol. The first-order chi connectivity index (χ1) is 26.4. The molecule has 1 unspecified atom stereocenters. The molecule has 0 fully saturated rings. The highest BCUT2D eigenvalue weighted by molar-refractivity contribution is 5.93. The van der Waals surface area contributed by atoms with E-state index in [-0.39, 0.29) is 49.7 Å². The van der Waals surface area contributed by atoms with Crippen molar-refractivity contribution in [2.24, 2.45) is 5.73 Å². The van der Waals surface area contributed by atoms with Gasteiger partial charge in [-0.2, -0.15) is 0 Å². The average Bonchev–Trinajstić information content (AvgIpc) is 3.18. The number of aromatic nitrogens is 2. The first-order valence-electron chi connectivity index (χ1n) is 18.0. The third-order valence-corrected chi connectivity index (χ3v) is 9.80. The maximum Gasteiger partial charge on any atom is 0.254 e. The van der Waals surface area contributed by atoms with E-state index in [0.29, 0.717) is 52.9 Å². The third kappa shape index (κ3) is 9.24. The molecule has 4 aromatic rings. The van der Waals surface area contributed by atoms with Crippen molar-refractivity contribution in [2.75, 3.05) is 26.7 Å². The highest BCUT2D eigenvalue weighted by Gasteiger charge is 2.30. The summed E-state index contributed by atoms with van der Waals surface area (Å²) in [5, 5.41) is 21.6. The Morgan fingerprint density at radius 1 is 1.09 bits per heavy atom. The number of nitrogens with two attached hydrogens (primary N) is 1. The molecule has 2 aromatic heterocycles. The summed E-state index contributed by atoms with van der Waals surface area (Å²) in [4.78, 5) is 71.2. The lowest BCUT2D eigenvalue weighted by Gasteiger charge is -2.30. The lowest BCUT2D eigenvalue weighted by molar-refractivity contribution is -0.130. The summed E-state index contributed by atoms with van der Waals surface area (Å²) >= 11 is 0. The standard InChI is InChI=1S/C40H46FN7O7/c1-21-25-12-13-29(36-22(2)38(47-30(37(25)36)17-28(21)41)31-16-26(23(3)55-4)27(20-49)39(53)48-31)45-33(50)11-8-14-43-35(52)19-44-40(54)32(46-34(51)18-42)15-24-9-6-5-7-10-24/h5-7,9-10,16-17,29,32,49H,3,8,11-15,18-20,42H2,1-2,4H3,(H,43,52)(H,44,54)(H,45,50)(H,46,51)(H,48,53)/t29-,32?/m0/s1. The number of carbonyl (C=O) groups is 4. The summed E-state index contributed by atoms with van der Waals surface area (Å²) in [6, 6.07) is 10.7. The minimum absolute atomic E-state index is 0.0752. The maximum absolute atomic E-state index is 15.2. The molecule has 2 atom stereocenters.